The largest absolute Gasteiger partial charge is 0.870 e. The predicted molar refractivity (Wildman–Crippen MR) is 102 cm³/mol. The topological polar surface area (TPSA) is 125 Å². The van der Waals surface area contributed by atoms with E-state index in [2.05, 4.69) is 5.32 Å². The highest BCUT2D eigenvalue weighted by molar-refractivity contribution is 7.80. The van der Waals surface area contributed by atoms with Crippen LogP contribution in [0.3, 0.4) is 0 Å². The van der Waals surface area contributed by atoms with Crippen molar-refractivity contribution < 1.29 is 28.7 Å². The van der Waals surface area contributed by atoms with E-state index in [1.807, 2.05) is 0 Å². The molecule has 1 aliphatic heterocycles. The van der Waals surface area contributed by atoms with E-state index in [0.29, 0.717) is 0 Å². The molecule has 3 rings (SSSR count). The highest BCUT2D eigenvalue weighted by Gasteiger charge is 2.35. The summed E-state index contributed by atoms with van der Waals surface area (Å²) in [7, 11) is 1.15. The average molecular weight is 416 g/mol. The molecule has 0 unspecified atom stereocenters. The van der Waals surface area contributed by atoms with Gasteiger partial charge in [0.25, 0.3) is 17.5 Å². The van der Waals surface area contributed by atoms with Crippen molar-refractivity contribution in [3.05, 3.63) is 63.5 Å². The van der Waals surface area contributed by atoms with Crippen LogP contribution in [0.2, 0.25) is 0 Å². The Morgan fingerprint density at radius 2 is 1.97 bits per heavy atom. The number of non-ortho nitro benzene ring substituents is 1. The molecule has 11 heteroatoms. The van der Waals surface area contributed by atoms with Crippen molar-refractivity contribution in [2.24, 2.45) is 0 Å². The van der Waals surface area contributed by atoms with Crippen molar-refractivity contribution >= 4 is 46.6 Å². The zero-order valence-electron chi connectivity index (χ0n) is 14.7. The fraction of sp³-hybridized carbons (Fsp3) is 0.0556. The maximum atomic E-state index is 14.1. The van der Waals surface area contributed by atoms with Crippen molar-refractivity contribution in [3.8, 4) is 11.5 Å². The summed E-state index contributed by atoms with van der Waals surface area (Å²) in [6.45, 7) is 0. The van der Waals surface area contributed by atoms with Gasteiger partial charge in [-0.05, 0) is 36.0 Å². The van der Waals surface area contributed by atoms with Crippen molar-refractivity contribution in [2.75, 3.05) is 12.0 Å². The van der Waals surface area contributed by atoms with E-state index in [-0.39, 0.29) is 22.1 Å². The normalized spacial score (nSPS) is 15.4. The number of halogens is 1. The van der Waals surface area contributed by atoms with Crippen LogP contribution in [0.25, 0.3) is 6.08 Å². The van der Waals surface area contributed by atoms with Crippen LogP contribution in [0.1, 0.15) is 5.56 Å². The molecule has 0 spiro atoms. The van der Waals surface area contributed by atoms with Gasteiger partial charge < -0.3 is 9.84 Å². The molecule has 1 heterocycles. The number of hydrogen-bond acceptors (Lipinski definition) is 7. The number of para-hydroxylation sites is 1. The van der Waals surface area contributed by atoms with Gasteiger partial charge in [0.15, 0.2) is 5.11 Å². The molecule has 29 heavy (non-hydrogen) atoms. The third-order valence-corrected chi connectivity index (χ3v) is 4.28. The van der Waals surface area contributed by atoms with E-state index in [4.69, 9.17) is 17.0 Å². The van der Waals surface area contributed by atoms with Gasteiger partial charge >= 0.3 is 0 Å². The Balaban J connectivity index is 2.14. The number of rotatable bonds is 4. The number of nitro benzene ring substituents is 1. The first-order chi connectivity index (χ1) is 13.7. The molecule has 1 fully saturated rings. The Kier molecular flexibility index (Phi) is 5.24. The zero-order chi connectivity index (χ0) is 21.3. The van der Waals surface area contributed by atoms with Crippen LogP contribution in [0.15, 0.2) is 42.0 Å². The smallest absolute Gasteiger partial charge is 0.273 e. The molecule has 9 nitrogen and oxygen atoms in total. The van der Waals surface area contributed by atoms with Gasteiger partial charge in [-0.3, -0.25) is 25.0 Å². The molecule has 2 aromatic rings. The van der Waals surface area contributed by atoms with Crippen molar-refractivity contribution in [1.82, 2.24) is 5.32 Å². The van der Waals surface area contributed by atoms with Gasteiger partial charge in [0, 0.05) is 6.07 Å². The predicted octanol–water partition coefficient (Wildman–Crippen LogP) is 1.65. The van der Waals surface area contributed by atoms with E-state index in [1.165, 1.54) is 18.2 Å². The van der Waals surface area contributed by atoms with Gasteiger partial charge in [0.05, 0.1) is 23.8 Å². The lowest BCUT2D eigenvalue weighted by molar-refractivity contribution is -0.385. The SMILES string of the molecule is COc1cc([N+](=O)[O-])cc(/C=C2\C(=O)NC(=S)N(c3ccccc3F)C2=O)c1[O-]. The Hall–Kier alpha value is -3.86. The maximum Gasteiger partial charge on any atom is 0.273 e. The van der Waals surface area contributed by atoms with Gasteiger partial charge in [0.1, 0.15) is 17.1 Å². The summed E-state index contributed by atoms with van der Waals surface area (Å²) in [5.74, 6) is -3.79. The first-order valence-corrected chi connectivity index (χ1v) is 8.35. The lowest BCUT2D eigenvalue weighted by Gasteiger charge is -2.29. The lowest BCUT2D eigenvalue weighted by Crippen LogP contribution is -2.54. The lowest BCUT2D eigenvalue weighted by atomic mass is 10.0. The minimum Gasteiger partial charge on any atom is -0.870 e. The van der Waals surface area contributed by atoms with E-state index in [1.54, 1.807) is 0 Å². The van der Waals surface area contributed by atoms with Crippen molar-refractivity contribution in [1.29, 1.82) is 0 Å². The van der Waals surface area contributed by atoms with Crippen LogP contribution < -0.4 is 20.1 Å². The van der Waals surface area contributed by atoms with Crippen molar-refractivity contribution in [2.45, 2.75) is 0 Å². The van der Waals surface area contributed by atoms with E-state index in [0.717, 1.165) is 36.3 Å². The number of nitrogens with one attached hydrogen (secondary N) is 1. The number of carbonyl (C=O) groups excluding carboxylic acids is 2. The molecule has 1 N–H and O–H groups in total. The standard InChI is InChI=1S/C18H12FN3O6S/c1-28-14-8-10(22(26)27)6-9(15(14)23)7-11-16(24)20-18(29)21(17(11)25)13-5-3-2-4-12(13)19/h2-8,23H,1H3,(H,20,24,29)/p-1/b11-7+. The molecule has 0 saturated carbocycles. The van der Waals surface area contributed by atoms with E-state index in [9.17, 15) is 29.2 Å². The second-order valence-electron chi connectivity index (χ2n) is 5.73. The number of benzene rings is 2. The molecule has 0 atom stereocenters. The summed E-state index contributed by atoms with van der Waals surface area (Å²) < 4.78 is 19.0. The third-order valence-electron chi connectivity index (χ3n) is 3.99. The van der Waals surface area contributed by atoms with E-state index < -0.39 is 39.6 Å². The molecule has 0 aromatic heterocycles. The van der Waals surface area contributed by atoms with Crippen LogP contribution in [0, 0.1) is 15.9 Å². The van der Waals surface area contributed by atoms with Gasteiger partial charge in [-0.25, -0.2) is 9.29 Å². The monoisotopic (exact) mass is 416 g/mol. The zero-order valence-corrected chi connectivity index (χ0v) is 15.5. The quantitative estimate of drug-likeness (QED) is 0.264. The van der Waals surface area contributed by atoms with Crippen LogP contribution in [0.4, 0.5) is 15.8 Å². The Labute approximate surface area is 168 Å². The van der Waals surface area contributed by atoms with Crippen LogP contribution in [-0.2, 0) is 9.59 Å². The molecule has 1 saturated heterocycles. The summed E-state index contributed by atoms with van der Waals surface area (Å²) >= 11 is 4.97. The highest BCUT2D eigenvalue weighted by Crippen LogP contribution is 2.34. The average Bonchev–Trinajstić information content (AvgIpc) is 2.67. The summed E-state index contributed by atoms with van der Waals surface area (Å²) in [6.07, 6.45) is 0.880. The molecular formula is C18H11FN3O6S-. The molecule has 0 bridgehead atoms. The summed E-state index contributed by atoms with van der Waals surface area (Å²) in [6, 6.07) is 7.09. The highest BCUT2D eigenvalue weighted by atomic mass is 32.1. The Bertz CT molecular complexity index is 1100. The molecule has 2 amide bonds. The first-order valence-electron chi connectivity index (χ1n) is 7.94. The number of ether oxygens (including phenoxy) is 1. The Morgan fingerprint density at radius 1 is 1.28 bits per heavy atom. The molecule has 2 aromatic carbocycles. The van der Waals surface area contributed by atoms with Gasteiger partial charge in [-0.2, -0.15) is 0 Å². The molecular weight excluding hydrogens is 405 g/mol. The molecule has 148 valence electrons. The van der Waals surface area contributed by atoms with Crippen LogP contribution in [0.5, 0.6) is 11.5 Å². The minimum absolute atomic E-state index is 0.202. The maximum absolute atomic E-state index is 14.1. The molecule has 1 aliphatic rings. The summed E-state index contributed by atoms with van der Waals surface area (Å²) in [4.78, 5) is 36.2. The van der Waals surface area contributed by atoms with Gasteiger partial charge in [0.2, 0.25) is 0 Å². The number of carbonyl (C=O) groups is 2. The number of amides is 2. The van der Waals surface area contributed by atoms with Gasteiger partial charge in [-0.15, -0.1) is 0 Å². The fourth-order valence-electron chi connectivity index (χ4n) is 2.64. The Morgan fingerprint density at radius 3 is 2.59 bits per heavy atom. The number of methoxy groups -OCH3 is 1. The first kappa shape index (κ1) is 19.9. The minimum atomic E-state index is -0.992. The second kappa shape index (κ2) is 7.64. The summed E-state index contributed by atoms with van der Waals surface area (Å²) in [5.41, 5.74) is -1.55. The second-order valence-corrected chi connectivity index (χ2v) is 6.12. The third kappa shape index (κ3) is 3.62. The van der Waals surface area contributed by atoms with Crippen LogP contribution >= 0.6 is 12.2 Å². The molecule has 0 radical (unpaired) electrons. The number of nitro groups is 1. The fourth-order valence-corrected chi connectivity index (χ4v) is 2.91. The number of hydrogen-bond donors (Lipinski definition) is 1. The van der Waals surface area contributed by atoms with E-state index >= 15 is 0 Å². The number of anilines is 1. The summed E-state index contributed by atoms with van der Waals surface area (Å²) in [5, 5.41) is 25.4. The molecule has 0 aliphatic carbocycles. The number of nitrogens with zero attached hydrogens (tertiary/aromatic N) is 2. The van der Waals surface area contributed by atoms with Gasteiger partial charge in [-0.1, -0.05) is 17.9 Å². The van der Waals surface area contributed by atoms with Crippen molar-refractivity contribution in [3.63, 3.8) is 0 Å². The van der Waals surface area contributed by atoms with Crippen LogP contribution in [-0.4, -0.2) is 29.0 Å². The number of thiocarbonyl (C=S) groups is 1.